The van der Waals surface area contributed by atoms with Crippen molar-refractivity contribution >= 4 is 5.91 Å². The van der Waals surface area contributed by atoms with Crippen LogP contribution in [0.25, 0.3) is 0 Å². The van der Waals surface area contributed by atoms with Crippen LogP contribution >= 0.6 is 0 Å². The third kappa shape index (κ3) is 8.74. The molecule has 0 radical (unpaired) electrons. The fourth-order valence-corrected chi connectivity index (χ4v) is 3.62. The van der Waals surface area contributed by atoms with Crippen molar-refractivity contribution in [3.63, 3.8) is 0 Å². The molecular weight excluding hydrogens is 322 g/mol. The van der Waals surface area contributed by atoms with Crippen LogP contribution < -0.4 is 5.32 Å². The molecule has 0 atom stereocenters. The summed E-state index contributed by atoms with van der Waals surface area (Å²) in [6.45, 7) is 9.08. The molecule has 4 nitrogen and oxygen atoms in total. The van der Waals surface area contributed by atoms with Crippen molar-refractivity contribution in [2.24, 2.45) is 0 Å². The van der Waals surface area contributed by atoms with E-state index in [4.69, 9.17) is 0 Å². The minimum Gasteiger partial charge on any atom is -0.372 e. The van der Waals surface area contributed by atoms with Gasteiger partial charge >= 0.3 is 0 Å². The van der Waals surface area contributed by atoms with Crippen LogP contribution in [0.3, 0.4) is 0 Å². The summed E-state index contributed by atoms with van der Waals surface area (Å²) in [5, 5.41) is 12.6. The van der Waals surface area contributed by atoms with Crippen LogP contribution in [-0.4, -0.2) is 28.9 Å². The van der Waals surface area contributed by atoms with Crippen molar-refractivity contribution < 1.29 is 4.79 Å². The molecule has 0 unspecified atom stereocenters. The summed E-state index contributed by atoms with van der Waals surface area (Å²) in [7, 11) is 0. The van der Waals surface area contributed by atoms with Crippen molar-refractivity contribution in [3.05, 3.63) is 11.8 Å². The molecule has 26 heavy (non-hydrogen) atoms. The molecule has 0 aromatic rings. The van der Waals surface area contributed by atoms with Crippen LogP contribution in [0.15, 0.2) is 11.8 Å². The first-order chi connectivity index (χ1) is 12.4. The number of amides is 1. The van der Waals surface area contributed by atoms with Gasteiger partial charge in [0.1, 0.15) is 11.6 Å². The molecule has 0 aliphatic heterocycles. The number of carbonyl (C=O) groups excluding carboxylic acids is 1. The predicted molar refractivity (Wildman–Crippen MR) is 109 cm³/mol. The summed E-state index contributed by atoms with van der Waals surface area (Å²) in [5.41, 5.74) is 0.109. The van der Waals surface area contributed by atoms with Gasteiger partial charge in [0.15, 0.2) is 0 Å². The van der Waals surface area contributed by atoms with Crippen LogP contribution in [-0.2, 0) is 4.79 Å². The van der Waals surface area contributed by atoms with Crippen LogP contribution in [0.4, 0.5) is 0 Å². The number of rotatable bonds is 4. The highest BCUT2D eigenvalue weighted by molar-refractivity contribution is 5.97. The molecule has 1 aliphatic carbocycles. The van der Waals surface area contributed by atoms with Gasteiger partial charge in [-0.1, -0.05) is 57.8 Å². The van der Waals surface area contributed by atoms with E-state index in [1.807, 2.05) is 11.8 Å². The van der Waals surface area contributed by atoms with E-state index in [0.717, 1.165) is 19.4 Å². The smallest absolute Gasteiger partial charge is 0.263 e. The molecule has 4 heteroatoms. The molecule has 0 aromatic heterocycles. The second-order valence-corrected chi connectivity index (χ2v) is 8.54. The first-order valence-corrected chi connectivity index (χ1v) is 10.6. The lowest BCUT2D eigenvalue weighted by atomic mass is 9.97. The Morgan fingerprint density at radius 3 is 1.88 bits per heavy atom. The third-order valence-electron chi connectivity index (χ3n) is 5.29. The molecule has 1 aliphatic rings. The van der Waals surface area contributed by atoms with E-state index in [9.17, 15) is 10.1 Å². The Balaban J connectivity index is 2.71. The fourth-order valence-electron chi connectivity index (χ4n) is 3.62. The average molecular weight is 362 g/mol. The standard InChI is InChI=1S/C22H39N3O/c1-5-25(22(2,3)4)18-19(17-23)21(26)24-20-15-13-11-9-7-6-8-10-12-14-16-20/h18,20H,5-16H2,1-4H3,(H,24,26)/b19-18-. The van der Waals surface area contributed by atoms with Crippen LogP contribution in [0.1, 0.15) is 98.3 Å². The second-order valence-electron chi connectivity index (χ2n) is 8.54. The topological polar surface area (TPSA) is 56.1 Å². The van der Waals surface area contributed by atoms with Gasteiger partial charge in [0.05, 0.1) is 0 Å². The monoisotopic (exact) mass is 361 g/mol. The van der Waals surface area contributed by atoms with E-state index in [2.05, 4.69) is 32.2 Å². The summed E-state index contributed by atoms with van der Waals surface area (Å²) < 4.78 is 0. The molecule has 0 saturated heterocycles. The minimum absolute atomic E-state index is 0.107. The Morgan fingerprint density at radius 1 is 1.04 bits per heavy atom. The Kier molecular flexibility index (Phi) is 10.4. The third-order valence-corrected chi connectivity index (χ3v) is 5.29. The summed E-state index contributed by atoms with van der Waals surface area (Å²) >= 11 is 0. The first-order valence-electron chi connectivity index (χ1n) is 10.6. The lowest BCUT2D eigenvalue weighted by Gasteiger charge is -2.34. The average Bonchev–Trinajstić information content (AvgIpc) is 2.57. The molecule has 1 saturated carbocycles. The molecule has 148 valence electrons. The Labute approximate surface area is 161 Å². The minimum atomic E-state index is -0.215. The first kappa shape index (κ1) is 22.5. The molecule has 0 spiro atoms. The van der Waals surface area contributed by atoms with E-state index in [-0.39, 0.29) is 23.1 Å². The van der Waals surface area contributed by atoms with E-state index < -0.39 is 0 Å². The number of hydrogen-bond acceptors (Lipinski definition) is 3. The molecule has 1 N–H and O–H groups in total. The molecule has 1 amide bonds. The van der Waals surface area contributed by atoms with Crippen LogP contribution in [0.2, 0.25) is 0 Å². The quantitative estimate of drug-likeness (QED) is 0.546. The Hall–Kier alpha value is -1.50. The fraction of sp³-hybridized carbons (Fsp3) is 0.818. The maximum atomic E-state index is 12.7. The van der Waals surface area contributed by atoms with Crippen LogP contribution in [0, 0.1) is 11.3 Å². The molecule has 0 heterocycles. The van der Waals surface area contributed by atoms with Crippen molar-refractivity contribution in [1.29, 1.82) is 5.26 Å². The summed E-state index contributed by atoms with van der Waals surface area (Å²) in [6.07, 6.45) is 15.3. The summed E-state index contributed by atoms with van der Waals surface area (Å²) in [5.74, 6) is -0.215. The SMILES string of the molecule is CCN(/C=C(/C#N)C(=O)NC1CCCCCCCCCCC1)C(C)(C)C. The van der Waals surface area contributed by atoms with Gasteiger partial charge in [-0.3, -0.25) is 4.79 Å². The lowest BCUT2D eigenvalue weighted by molar-refractivity contribution is -0.118. The van der Waals surface area contributed by atoms with Crippen molar-refractivity contribution in [1.82, 2.24) is 10.2 Å². The maximum absolute atomic E-state index is 12.7. The van der Waals surface area contributed by atoms with Gasteiger partial charge in [0, 0.05) is 24.3 Å². The van der Waals surface area contributed by atoms with Gasteiger partial charge in [0.2, 0.25) is 0 Å². The van der Waals surface area contributed by atoms with Gasteiger partial charge in [-0.25, -0.2) is 0 Å². The number of hydrogen-bond donors (Lipinski definition) is 1. The summed E-state index contributed by atoms with van der Waals surface area (Å²) in [4.78, 5) is 14.7. The number of nitrogens with one attached hydrogen (secondary N) is 1. The van der Waals surface area contributed by atoms with Gasteiger partial charge < -0.3 is 10.2 Å². The Morgan fingerprint density at radius 2 is 1.50 bits per heavy atom. The predicted octanol–water partition coefficient (Wildman–Crippen LogP) is 5.30. The van der Waals surface area contributed by atoms with Gasteiger partial charge in [-0.05, 0) is 40.5 Å². The molecule has 0 bridgehead atoms. The van der Waals surface area contributed by atoms with Crippen molar-refractivity contribution in [2.75, 3.05) is 6.54 Å². The lowest BCUT2D eigenvalue weighted by Crippen LogP contribution is -2.39. The van der Waals surface area contributed by atoms with Gasteiger partial charge in [-0.15, -0.1) is 0 Å². The zero-order valence-corrected chi connectivity index (χ0v) is 17.4. The zero-order valence-electron chi connectivity index (χ0n) is 17.4. The number of carbonyl (C=O) groups is 1. The highest BCUT2D eigenvalue weighted by atomic mass is 16.1. The van der Waals surface area contributed by atoms with E-state index >= 15 is 0 Å². The van der Waals surface area contributed by atoms with E-state index in [1.54, 1.807) is 6.20 Å². The van der Waals surface area contributed by atoms with Crippen molar-refractivity contribution in [3.8, 4) is 6.07 Å². The normalized spacial score (nSPS) is 19.0. The van der Waals surface area contributed by atoms with Crippen LogP contribution in [0.5, 0.6) is 0 Å². The molecule has 1 rings (SSSR count). The van der Waals surface area contributed by atoms with E-state index in [0.29, 0.717) is 0 Å². The summed E-state index contributed by atoms with van der Waals surface area (Å²) in [6, 6.07) is 2.30. The van der Waals surface area contributed by atoms with Gasteiger partial charge in [-0.2, -0.15) is 5.26 Å². The molecular formula is C22H39N3O. The van der Waals surface area contributed by atoms with Gasteiger partial charge in [0.25, 0.3) is 5.91 Å². The van der Waals surface area contributed by atoms with E-state index in [1.165, 1.54) is 57.8 Å². The maximum Gasteiger partial charge on any atom is 0.263 e. The highest BCUT2D eigenvalue weighted by Crippen LogP contribution is 2.18. The van der Waals surface area contributed by atoms with Crippen molar-refractivity contribution in [2.45, 2.75) is 110 Å². The highest BCUT2D eigenvalue weighted by Gasteiger charge is 2.21. The molecule has 1 fully saturated rings. The zero-order chi connectivity index (χ0) is 19.4. The molecule has 0 aromatic carbocycles. The Bertz CT molecular complexity index is 473. The second kappa shape index (κ2) is 12.0. The number of nitriles is 1. The number of nitrogens with zero attached hydrogens (tertiary/aromatic N) is 2. The largest absolute Gasteiger partial charge is 0.372 e.